The fourth-order valence-electron chi connectivity index (χ4n) is 2.40. The Hall–Kier alpha value is -1.75. The fourth-order valence-corrected chi connectivity index (χ4v) is 2.57. The molecule has 5 nitrogen and oxygen atoms in total. The number of hydrogen-bond acceptors (Lipinski definition) is 4. The van der Waals surface area contributed by atoms with Crippen molar-refractivity contribution >= 4 is 22.5 Å². The number of nitrogens with zero attached hydrogens (tertiary/aromatic N) is 3. The van der Waals surface area contributed by atoms with E-state index in [4.69, 9.17) is 16.3 Å². The number of aromatic nitrogens is 2. The van der Waals surface area contributed by atoms with Crippen LogP contribution in [0.15, 0.2) is 23.0 Å². The van der Waals surface area contributed by atoms with E-state index in [0.29, 0.717) is 28.5 Å². The van der Waals surface area contributed by atoms with Gasteiger partial charge in [-0.1, -0.05) is 11.6 Å². The van der Waals surface area contributed by atoms with Gasteiger partial charge in [0.15, 0.2) is 0 Å². The van der Waals surface area contributed by atoms with Gasteiger partial charge in [0.25, 0.3) is 5.56 Å². The maximum Gasteiger partial charge on any atom is 0.320 e. The fraction of sp³-hybridized carbons (Fsp3) is 0.385. The van der Waals surface area contributed by atoms with Crippen molar-refractivity contribution in [2.75, 3.05) is 18.6 Å². The summed E-state index contributed by atoms with van der Waals surface area (Å²) in [6, 6.07) is 5.39. The second kappa shape index (κ2) is 3.87. The lowest BCUT2D eigenvalue weighted by Gasteiger charge is -2.38. The van der Waals surface area contributed by atoms with E-state index in [9.17, 15) is 4.79 Å². The molecule has 6 heteroatoms. The molecule has 0 saturated heterocycles. The van der Waals surface area contributed by atoms with Crippen LogP contribution in [0.5, 0.6) is 6.01 Å². The molecule has 0 bridgehead atoms. The molecular formula is C13H14ClN3O2. The molecule has 1 aliphatic rings. The molecule has 0 atom stereocenters. The van der Waals surface area contributed by atoms with Crippen LogP contribution in [0.4, 0.5) is 0 Å². The van der Waals surface area contributed by atoms with Crippen LogP contribution < -0.4 is 15.3 Å². The first-order valence-electron chi connectivity index (χ1n) is 6.00. The Morgan fingerprint density at radius 1 is 1.42 bits per heavy atom. The summed E-state index contributed by atoms with van der Waals surface area (Å²) in [5.41, 5.74) is 0.0427. The number of rotatable bonds is 0. The second-order valence-corrected chi connectivity index (χ2v) is 5.79. The highest BCUT2D eigenvalue weighted by atomic mass is 35.5. The van der Waals surface area contributed by atoms with Crippen molar-refractivity contribution in [3.63, 3.8) is 0 Å². The van der Waals surface area contributed by atoms with Gasteiger partial charge in [0.2, 0.25) is 0 Å². The van der Waals surface area contributed by atoms with Crippen molar-refractivity contribution < 1.29 is 4.74 Å². The minimum atomic E-state index is -0.381. The Bertz CT molecular complexity index is 724. The molecule has 0 fully saturated rings. The molecule has 0 amide bonds. The lowest BCUT2D eigenvalue weighted by atomic mass is 10.1. The monoisotopic (exact) mass is 279 g/mol. The molecule has 1 aromatic carbocycles. The third kappa shape index (κ3) is 1.94. The van der Waals surface area contributed by atoms with E-state index in [1.807, 2.05) is 25.9 Å². The molecule has 0 aliphatic carbocycles. The first kappa shape index (κ1) is 12.3. The van der Waals surface area contributed by atoms with Crippen molar-refractivity contribution in [3.8, 4) is 6.01 Å². The predicted octanol–water partition coefficient (Wildman–Crippen LogP) is 1.79. The quantitative estimate of drug-likeness (QED) is 0.738. The third-order valence-electron chi connectivity index (χ3n) is 3.10. The summed E-state index contributed by atoms with van der Waals surface area (Å²) in [4.78, 5) is 16.9. The first-order valence-corrected chi connectivity index (χ1v) is 6.38. The predicted molar refractivity (Wildman–Crippen MR) is 74.7 cm³/mol. The van der Waals surface area contributed by atoms with Crippen LogP contribution in [-0.2, 0) is 0 Å². The van der Waals surface area contributed by atoms with Crippen molar-refractivity contribution in [1.29, 1.82) is 0 Å². The molecule has 0 N–H and O–H groups in total. The number of fused-ring (bicyclic) bond motifs is 2. The number of hydrogen-bond donors (Lipinski definition) is 0. The van der Waals surface area contributed by atoms with E-state index >= 15 is 0 Å². The molecular weight excluding hydrogens is 266 g/mol. The molecule has 1 aliphatic heterocycles. The van der Waals surface area contributed by atoms with Crippen LogP contribution in [0, 0.1) is 0 Å². The average molecular weight is 280 g/mol. The van der Waals surface area contributed by atoms with Gasteiger partial charge in [-0.05, 0) is 32.0 Å². The Kier molecular flexibility index (Phi) is 2.50. The van der Waals surface area contributed by atoms with Gasteiger partial charge < -0.3 is 9.75 Å². The van der Waals surface area contributed by atoms with E-state index in [-0.39, 0.29) is 11.2 Å². The van der Waals surface area contributed by atoms with Gasteiger partial charge in [-0.3, -0.25) is 4.79 Å². The van der Waals surface area contributed by atoms with E-state index < -0.39 is 0 Å². The van der Waals surface area contributed by atoms with Gasteiger partial charge in [-0.25, -0.2) is 0 Å². The van der Waals surface area contributed by atoms with Crippen LogP contribution >= 0.6 is 11.6 Å². The van der Waals surface area contributed by atoms with Gasteiger partial charge in [-0.15, -0.1) is 0 Å². The lowest BCUT2D eigenvalue weighted by molar-refractivity contribution is 0.0661. The second-order valence-electron chi connectivity index (χ2n) is 5.35. The van der Waals surface area contributed by atoms with Crippen molar-refractivity contribution in [1.82, 2.24) is 9.66 Å². The zero-order valence-corrected chi connectivity index (χ0v) is 11.7. The third-order valence-corrected chi connectivity index (χ3v) is 3.33. The minimum Gasteiger partial charge on any atom is -0.455 e. The Morgan fingerprint density at radius 3 is 2.89 bits per heavy atom. The summed E-state index contributed by atoms with van der Waals surface area (Å²) in [6.45, 7) is 4.53. The summed E-state index contributed by atoms with van der Waals surface area (Å²) < 4.78 is 7.23. The summed E-state index contributed by atoms with van der Waals surface area (Å²) in [7, 11) is 1.84. The van der Waals surface area contributed by atoms with E-state index in [2.05, 4.69) is 4.98 Å². The molecule has 0 radical (unpaired) electrons. The van der Waals surface area contributed by atoms with E-state index in [1.54, 1.807) is 18.2 Å². The van der Waals surface area contributed by atoms with Crippen LogP contribution in [0.1, 0.15) is 13.8 Å². The zero-order valence-electron chi connectivity index (χ0n) is 11.0. The topological polar surface area (TPSA) is 47.4 Å². The average Bonchev–Trinajstić information content (AvgIpc) is 2.28. The Balaban J connectivity index is 2.34. The summed E-state index contributed by atoms with van der Waals surface area (Å²) >= 11 is 5.93. The maximum atomic E-state index is 12.5. The first-order chi connectivity index (χ1) is 8.87. The van der Waals surface area contributed by atoms with E-state index in [1.165, 1.54) is 4.68 Å². The molecule has 2 aromatic rings. The van der Waals surface area contributed by atoms with Crippen molar-refractivity contribution in [2.24, 2.45) is 0 Å². The maximum absolute atomic E-state index is 12.5. The SMILES string of the molecule is CN1CC(C)(C)Oc2nc3ccc(Cl)cc3c(=O)n21. The number of ether oxygens (including phenoxy) is 1. The number of halogens is 1. The highest BCUT2D eigenvalue weighted by molar-refractivity contribution is 6.31. The van der Waals surface area contributed by atoms with Crippen LogP contribution in [0.2, 0.25) is 5.02 Å². The molecule has 3 rings (SSSR count). The molecule has 2 heterocycles. The highest BCUT2D eigenvalue weighted by Gasteiger charge is 2.32. The van der Waals surface area contributed by atoms with Crippen LogP contribution in [0.25, 0.3) is 10.9 Å². The molecule has 1 aromatic heterocycles. The van der Waals surface area contributed by atoms with Crippen LogP contribution in [-0.4, -0.2) is 28.9 Å². The van der Waals surface area contributed by atoms with Gasteiger partial charge in [-0.2, -0.15) is 9.66 Å². The molecule has 0 unspecified atom stereocenters. The summed E-state index contributed by atoms with van der Waals surface area (Å²) in [6.07, 6.45) is 0. The van der Waals surface area contributed by atoms with E-state index in [0.717, 1.165) is 0 Å². The van der Waals surface area contributed by atoms with Gasteiger partial charge >= 0.3 is 6.01 Å². The number of benzene rings is 1. The minimum absolute atomic E-state index is 0.166. The largest absolute Gasteiger partial charge is 0.455 e. The molecule has 100 valence electrons. The number of likely N-dealkylation sites (N-methyl/N-ethyl adjacent to an activating group) is 1. The lowest BCUT2D eigenvalue weighted by Crippen LogP contribution is -2.55. The van der Waals surface area contributed by atoms with Crippen molar-refractivity contribution in [3.05, 3.63) is 33.6 Å². The van der Waals surface area contributed by atoms with Gasteiger partial charge in [0.1, 0.15) is 5.60 Å². The van der Waals surface area contributed by atoms with Crippen molar-refractivity contribution in [2.45, 2.75) is 19.4 Å². The zero-order chi connectivity index (χ0) is 13.8. The van der Waals surface area contributed by atoms with Gasteiger partial charge in [0, 0.05) is 12.1 Å². The van der Waals surface area contributed by atoms with Crippen LogP contribution in [0.3, 0.4) is 0 Å². The molecule has 0 spiro atoms. The summed E-state index contributed by atoms with van der Waals surface area (Å²) in [5.74, 6) is 0. The van der Waals surface area contributed by atoms with Gasteiger partial charge in [0.05, 0.1) is 17.4 Å². The highest BCUT2D eigenvalue weighted by Crippen LogP contribution is 2.24. The molecule has 0 saturated carbocycles. The summed E-state index contributed by atoms with van der Waals surface area (Å²) in [5, 5.41) is 2.83. The molecule has 19 heavy (non-hydrogen) atoms. The smallest absolute Gasteiger partial charge is 0.320 e. The Morgan fingerprint density at radius 2 is 2.16 bits per heavy atom. The Labute approximate surface area is 115 Å². The standard InChI is InChI=1S/C13H14ClN3O2/c1-13(2)7-16(3)17-11(18)9-6-8(14)4-5-10(9)15-12(17)19-13/h4-6H,7H2,1-3H3. The normalized spacial score (nSPS) is 17.2.